The van der Waals surface area contributed by atoms with E-state index in [9.17, 15) is 9.59 Å². The summed E-state index contributed by atoms with van der Waals surface area (Å²) in [4.78, 5) is 32.7. The van der Waals surface area contributed by atoms with Crippen LogP contribution in [0, 0.1) is 0 Å². The Morgan fingerprint density at radius 1 is 0.727 bits per heavy atom. The standard InChI is InChI=1S/C27H50O6/c1-5-7-8-9-10-11-12-13-14-15-16-17-18-19-20-21-22-24(23-25(28)29)26(30)31-33-32-27(3,4)6-2/h23H,5-22H2,1-4H3,(H,28,29). The molecule has 0 saturated carbocycles. The predicted octanol–water partition coefficient (Wildman–Crippen LogP) is 8.24. The Morgan fingerprint density at radius 3 is 1.55 bits per heavy atom. The second-order valence-electron chi connectivity index (χ2n) is 9.70. The maximum Gasteiger partial charge on any atom is 0.372 e. The van der Waals surface area contributed by atoms with Crippen LogP contribution < -0.4 is 0 Å². The molecule has 0 aromatic heterocycles. The molecule has 0 rings (SSSR count). The summed E-state index contributed by atoms with van der Waals surface area (Å²) < 4.78 is 0. The smallest absolute Gasteiger partial charge is 0.372 e. The fourth-order valence-corrected chi connectivity index (χ4v) is 3.50. The maximum absolute atomic E-state index is 12.1. The molecule has 0 heterocycles. The van der Waals surface area contributed by atoms with Crippen molar-refractivity contribution in [3.8, 4) is 0 Å². The largest absolute Gasteiger partial charge is 0.478 e. The van der Waals surface area contributed by atoms with Gasteiger partial charge in [-0.3, -0.25) is 4.89 Å². The average molecular weight is 471 g/mol. The lowest BCUT2D eigenvalue weighted by molar-refractivity contribution is -0.515. The lowest BCUT2D eigenvalue weighted by Crippen LogP contribution is -2.24. The van der Waals surface area contributed by atoms with Gasteiger partial charge in [0.15, 0.2) is 0 Å². The molecular weight excluding hydrogens is 420 g/mol. The summed E-state index contributed by atoms with van der Waals surface area (Å²) in [6.45, 7) is 7.77. The molecule has 33 heavy (non-hydrogen) atoms. The number of aliphatic carboxylic acids is 1. The Kier molecular flexibility index (Phi) is 20.3. The van der Waals surface area contributed by atoms with Gasteiger partial charge in [0, 0.05) is 11.6 Å². The minimum Gasteiger partial charge on any atom is -0.478 e. The van der Waals surface area contributed by atoms with E-state index >= 15 is 0 Å². The van der Waals surface area contributed by atoms with Crippen LogP contribution in [0.4, 0.5) is 0 Å². The van der Waals surface area contributed by atoms with Gasteiger partial charge in [0.05, 0.1) is 0 Å². The minimum absolute atomic E-state index is 0.0887. The molecule has 0 aliphatic carbocycles. The zero-order valence-electron chi connectivity index (χ0n) is 21.8. The van der Waals surface area contributed by atoms with Crippen LogP contribution in [0.15, 0.2) is 11.6 Å². The number of hydrogen-bond acceptors (Lipinski definition) is 5. The van der Waals surface area contributed by atoms with E-state index in [1.807, 2.05) is 6.92 Å². The quantitative estimate of drug-likeness (QED) is 0.0700. The van der Waals surface area contributed by atoms with E-state index in [0.29, 0.717) is 12.8 Å². The van der Waals surface area contributed by atoms with Crippen LogP contribution in [0.2, 0.25) is 0 Å². The van der Waals surface area contributed by atoms with E-state index in [4.69, 9.17) is 9.99 Å². The second kappa shape index (κ2) is 21.2. The molecule has 0 fully saturated rings. The van der Waals surface area contributed by atoms with Gasteiger partial charge in [-0.15, -0.1) is 0 Å². The highest BCUT2D eigenvalue weighted by molar-refractivity contribution is 5.95. The van der Waals surface area contributed by atoms with Crippen molar-refractivity contribution in [2.45, 2.75) is 149 Å². The normalized spacial score (nSPS) is 12.2. The summed E-state index contributed by atoms with van der Waals surface area (Å²) >= 11 is 0. The number of carboxylic acid groups (broad SMARTS) is 1. The Hall–Kier alpha value is -1.40. The predicted molar refractivity (Wildman–Crippen MR) is 133 cm³/mol. The third-order valence-corrected chi connectivity index (χ3v) is 6.08. The van der Waals surface area contributed by atoms with Crippen molar-refractivity contribution in [1.82, 2.24) is 0 Å². The zero-order chi connectivity index (χ0) is 24.8. The number of carboxylic acids is 1. The molecule has 0 spiro atoms. The van der Waals surface area contributed by atoms with Crippen molar-refractivity contribution >= 4 is 11.9 Å². The molecule has 6 heteroatoms. The number of carbonyl (C=O) groups excluding carboxylic acids is 1. The van der Waals surface area contributed by atoms with Crippen LogP contribution in [-0.2, 0) is 24.4 Å². The number of rotatable bonds is 23. The van der Waals surface area contributed by atoms with E-state index < -0.39 is 17.5 Å². The van der Waals surface area contributed by atoms with E-state index in [1.54, 1.807) is 13.8 Å². The van der Waals surface area contributed by atoms with E-state index in [-0.39, 0.29) is 5.57 Å². The summed E-state index contributed by atoms with van der Waals surface area (Å²) in [5.74, 6) is -1.99. The first-order valence-corrected chi connectivity index (χ1v) is 13.3. The summed E-state index contributed by atoms with van der Waals surface area (Å²) in [6.07, 6.45) is 22.2. The Morgan fingerprint density at radius 2 is 1.15 bits per heavy atom. The second-order valence-corrected chi connectivity index (χ2v) is 9.70. The average Bonchev–Trinajstić information content (AvgIpc) is 2.77. The molecule has 6 nitrogen and oxygen atoms in total. The molecule has 194 valence electrons. The summed E-state index contributed by atoms with van der Waals surface area (Å²) in [5.41, 5.74) is -0.504. The van der Waals surface area contributed by atoms with E-state index in [0.717, 1.165) is 25.3 Å². The summed E-state index contributed by atoms with van der Waals surface area (Å²) in [5, 5.41) is 13.6. The third-order valence-electron chi connectivity index (χ3n) is 6.08. The highest BCUT2D eigenvalue weighted by Gasteiger charge is 2.20. The zero-order valence-corrected chi connectivity index (χ0v) is 21.8. The number of unbranched alkanes of at least 4 members (excludes halogenated alkanes) is 15. The highest BCUT2D eigenvalue weighted by atomic mass is 17.5. The van der Waals surface area contributed by atoms with Crippen molar-refractivity contribution < 1.29 is 29.5 Å². The van der Waals surface area contributed by atoms with E-state index in [2.05, 4.69) is 16.8 Å². The first-order chi connectivity index (χ1) is 15.8. The molecule has 0 atom stereocenters. The van der Waals surface area contributed by atoms with Crippen LogP contribution in [0.25, 0.3) is 0 Å². The Bertz CT molecular complexity index is 527. The van der Waals surface area contributed by atoms with Crippen molar-refractivity contribution in [3.05, 3.63) is 11.6 Å². The minimum atomic E-state index is -1.17. The molecule has 0 amide bonds. The fourth-order valence-electron chi connectivity index (χ4n) is 3.50. The van der Waals surface area contributed by atoms with Gasteiger partial charge in [-0.2, -0.15) is 4.89 Å². The third kappa shape index (κ3) is 20.9. The highest BCUT2D eigenvalue weighted by Crippen LogP contribution is 2.17. The maximum atomic E-state index is 12.1. The first kappa shape index (κ1) is 31.6. The summed E-state index contributed by atoms with van der Waals surface area (Å²) in [7, 11) is 0. The van der Waals surface area contributed by atoms with Crippen LogP contribution >= 0.6 is 0 Å². The number of carbonyl (C=O) groups is 2. The van der Waals surface area contributed by atoms with Gasteiger partial charge in [-0.25, -0.2) is 9.59 Å². The van der Waals surface area contributed by atoms with Crippen molar-refractivity contribution in [2.75, 3.05) is 0 Å². The Labute approximate surface area is 202 Å². The van der Waals surface area contributed by atoms with Crippen LogP contribution in [-0.4, -0.2) is 22.6 Å². The fraction of sp³-hybridized carbons (Fsp3) is 0.852. The van der Waals surface area contributed by atoms with Gasteiger partial charge in [-0.1, -0.05) is 110 Å². The van der Waals surface area contributed by atoms with Crippen LogP contribution in [0.1, 0.15) is 143 Å². The molecule has 0 aliphatic rings. The van der Waals surface area contributed by atoms with Gasteiger partial charge < -0.3 is 5.11 Å². The molecule has 0 saturated heterocycles. The van der Waals surface area contributed by atoms with Gasteiger partial charge in [0.25, 0.3) is 0 Å². The lowest BCUT2D eigenvalue weighted by atomic mass is 10.0. The van der Waals surface area contributed by atoms with Crippen LogP contribution in [0.3, 0.4) is 0 Å². The molecule has 0 bridgehead atoms. The Balaban J connectivity index is 3.75. The van der Waals surface area contributed by atoms with Crippen molar-refractivity contribution in [1.29, 1.82) is 0 Å². The van der Waals surface area contributed by atoms with Gasteiger partial charge >= 0.3 is 11.9 Å². The van der Waals surface area contributed by atoms with E-state index in [1.165, 1.54) is 83.5 Å². The SMILES string of the molecule is CCCCCCCCCCCCCCCCCCC(=CC(=O)O)C(=O)OOOC(C)(C)CC. The molecule has 0 unspecified atom stereocenters. The molecular formula is C27H50O6. The molecule has 0 aromatic carbocycles. The van der Waals surface area contributed by atoms with Crippen molar-refractivity contribution in [3.63, 3.8) is 0 Å². The van der Waals surface area contributed by atoms with Gasteiger partial charge in [0.2, 0.25) is 0 Å². The topological polar surface area (TPSA) is 82.1 Å². The lowest BCUT2D eigenvalue weighted by Gasteiger charge is -2.19. The number of hydrogen-bond donors (Lipinski definition) is 1. The summed E-state index contributed by atoms with van der Waals surface area (Å²) in [6, 6.07) is 0. The molecule has 0 radical (unpaired) electrons. The van der Waals surface area contributed by atoms with Gasteiger partial charge in [0.1, 0.15) is 5.60 Å². The molecule has 0 aromatic rings. The van der Waals surface area contributed by atoms with Crippen molar-refractivity contribution in [2.24, 2.45) is 0 Å². The molecule has 0 aliphatic heterocycles. The van der Waals surface area contributed by atoms with Gasteiger partial charge in [-0.05, 0) is 38.1 Å². The van der Waals surface area contributed by atoms with Crippen LogP contribution in [0.5, 0.6) is 0 Å². The molecule has 1 N–H and O–H groups in total. The monoisotopic (exact) mass is 470 g/mol. The first-order valence-electron chi connectivity index (χ1n) is 13.3.